The van der Waals surface area contributed by atoms with E-state index in [2.05, 4.69) is 0 Å². The maximum atomic E-state index is 13.4. The number of nitriles is 1. The van der Waals surface area contributed by atoms with Crippen molar-refractivity contribution in [2.75, 3.05) is 0 Å². The Morgan fingerprint density at radius 2 is 1.74 bits per heavy atom. The van der Waals surface area contributed by atoms with Crippen LogP contribution in [-0.4, -0.2) is 12.1 Å². The van der Waals surface area contributed by atoms with Crippen molar-refractivity contribution in [1.29, 1.82) is 5.26 Å². The van der Waals surface area contributed by atoms with E-state index >= 15 is 0 Å². The Labute approximate surface area is 159 Å². The lowest BCUT2D eigenvalue weighted by atomic mass is 9.81. The summed E-state index contributed by atoms with van der Waals surface area (Å²) in [6.07, 6.45) is 9.98. The van der Waals surface area contributed by atoms with Gasteiger partial charge in [-0.2, -0.15) is 5.26 Å². The van der Waals surface area contributed by atoms with Crippen LogP contribution in [0.1, 0.15) is 62.8 Å². The molecular formula is C22H25F2NO2. The third kappa shape index (κ3) is 5.15. The highest BCUT2D eigenvalue weighted by Crippen LogP contribution is 2.36. The van der Waals surface area contributed by atoms with Gasteiger partial charge in [-0.3, -0.25) is 4.79 Å². The smallest absolute Gasteiger partial charge is 0.309 e. The van der Waals surface area contributed by atoms with E-state index in [1.54, 1.807) is 6.07 Å². The minimum absolute atomic E-state index is 0.0411. The molecule has 144 valence electrons. The van der Waals surface area contributed by atoms with Gasteiger partial charge in [0, 0.05) is 6.08 Å². The molecule has 2 fully saturated rings. The lowest BCUT2D eigenvalue weighted by Crippen LogP contribution is -2.29. The molecule has 2 aliphatic rings. The highest BCUT2D eigenvalue weighted by molar-refractivity contribution is 5.72. The van der Waals surface area contributed by atoms with Crippen molar-refractivity contribution >= 4 is 5.97 Å². The molecule has 2 saturated carbocycles. The molecule has 0 aliphatic heterocycles. The Kier molecular flexibility index (Phi) is 6.60. The molecule has 0 heterocycles. The SMILES string of the molecule is N#CC=C[C@H]1CC[C@H](C(=O)O[C@H]2CC[C@H](c3ccc(F)c(F)c3)CC2)CC1. The summed E-state index contributed by atoms with van der Waals surface area (Å²) in [7, 11) is 0. The summed E-state index contributed by atoms with van der Waals surface area (Å²) < 4.78 is 32.2. The maximum absolute atomic E-state index is 13.4. The first-order valence-corrected chi connectivity index (χ1v) is 9.78. The summed E-state index contributed by atoms with van der Waals surface area (Å²) >= 11 is 0. The van der Waals surface area contributed by atoms with E-state index in [4.69, 9.17) is 10.00 Å². The van der Waals surface area contributed by atoms with Crippen LogP contribution in [-0.2, 0) is 9.53 Å². The third-order valence-electron chi connectivity index (χ3n) is 5.92. The first-order chi connectivity index (χ1) is 13.1. The molecule has 0 spiro atoms. The van der Waals surface area contributed by atoms with Crippen LogP contribution in [0, 0.1) is 34.8 Å². The van der Waals surface area contributed by atoms with Crippen molar-refractivity contribution < 1.29 is 18.3 Å². The van der Waals surface area contributed by atoms with Gasteiger partial charge in [-0.1, -0.05) is 12.1 Å². The molecule has 1 aromatic carbocycles. The Balaban J connectivity index is 1.44. The van der Waals surface area contributed by atoms with Crippen molar-refractivity contribution in [3.8, 4) is 6.07 Å². The summed E-state index contributed by atoms with van der Waals surface area (Å²) in [5.74, 6) is -1.19. The van der Waals surface area contributed by atoms with Gasteiger partial charge in [0.15, 0.2) is 11.6 Å². The number of rotatable bonds is 4. The van der Waals surface area contributed by atoms with Crippen LogP contribution in [0.3, 0.4) is 0 Å². The van der Waals surface area contributed by atoms with Crippen LogP contribution in [0.5, 0.6) is 0 Å². The number of esters is 1. The highest BCUT2D eigenvalue weighted by atomic mass is 19.2. The molecule has 0 unspecified atom stereocenters. The van der Waals surface area contributed by atoms with Crippen LogP contribution < -0.4 is 0 Å². The molecule has 27 heavy (non-hydrogen) atoms. The number of allylic oxidation sites excluding steroid dienone is 2. The van der Waals surface area contributed by atoms with Crippen LogP contribution in [0.4, 0.5) is 8.78 Å². The standard InChI is InChI=1S/C22H25F2NO2/c23-20-12-9-18(14-21(20)24)16-7-10-19(11-8-16)27-22(26)17-5-3-15(4-6-17)2-1-13-25/h1-2,9,12,14-17,19H,3-8,10-11H2/t15-,16-,17-,19-. The van der Waals surface area contributed by atoms with Crippen LogP contribution in [0.2, 0.25) is 0 Å². The molecule has 0 atom stereocenters. The predicted octanol–water partition coefficient (Wildman–Crippen LogP) is 5.42. The average Bonchev–Trinajstić information content (AvgIpc) is 2.69. The monoisotopic (exact) mass is 373 g/mol. The number of benzene rings is 1. The largest absolute Gasteiger partial charge is 0.462 e. The molecule has 0 saturated heterocycles. The first kappa shape index (κ1) is 19.5. The number of carbonyl (C=O) groups excluding carboxylic acids is 1. The van der Waals surface area contributed by atoms with Crippen LogP contribution in [0.25, 0.3) is 0 Å². The summed E-state index contributed by atoms with van der Waals surface area (Å²) in [5, 5.41) is 8.59. The number of carbonyl (C=O) groups is 1. The Hall–Kier alpha value is -2.22. The fraction of sp³-hybridized carbons (Fsp3) is 0.545. The molecule has 0 radical (unpaired) electrons. The first-order valence-electron chi connectivity index (χ1n) is 9.78. The summed E-state index contributed by atoms with van der Waals surface area (Å²) in [6, 6.07) is 6.12. The molecule has 5 heteroatoms. The average molecular weight is 373 g/mol. The van der Waals surface area contributed by atoms with Gasteiger partial charge in [0.05, 0.1) is 12.0 Å². The van der Waals surface area contributed by atoms with E-state index in [0.29, 0.717) is 5.92 Å². The molecule has 0 N–H and O–H groups in total. The molecule has 1 aromatic rings. The van der Waals surface area contributed by atoms with Gasteiger partial charge in [0.2, 0.25) is 0 Å². The molecular weight excluding hydrogens is 348 g/mol. The van der Waals surface area contributed by atoms with E-state index in [-0.39, 0.29) is 23.9 Å². The Morgan fingerprint density at radius 3 is 2.37 bits per heavy atom. The second-order valence-electron chi connectivity index (χ2n) is 7.68. The van der Waals surface area contributed by atoms with Gasteiger partial charge in [0.1, 0.15) is 6.10 Å². The number of hydrogen-bond donors (Lipinski definition) is 0. The zero-order chi connectivity index (χ0) is 19.2. The second-order valence-corrected chi connectivity index (χ2v) is 7.68. The van der Waals surface area contributed by atoms with Crippen molar-refractivity contribution in [3.63, 3.8) is 0 Å². The summed E-state index contributed by atoms with van der Waals surface area (Å²) in [5.41, 5.74) is 0.822. The van der Waals surface area contributed by atoms with E-state index in [9.17, 15) is 13.6 Å². The fourth-order valence-electron chi connectivity index (χ4n) is 4.27. The van der Waals surface area contributed by atoms with Gasteiger partial charge in [0.25, 0.3) is 0 Å². The Morgan fingerprint density at radius 1 is 1.04 bits per heavy atom. The minimum Gasteiger partial charge on any atom is -0.462 e. The molecule has 3 nitrogen and oxygen atoms in total. The maximum Gasteiger partial charge on any atom is 0.309 e. The summed E-state index contributed by atoms with van der Waals surface area (Å²) in [6.45, 7) is 0. The van der Waals surface area contributed by atoms with E-state index < -0.39 is 11.6 Å². The van der Waals surface area contributed by atoms with E-state index in [1.807, 2.05) is 12.1 Å². The predicted molar refractivity (Wildman–Crippen MR) is 97.6 cm³/mol. The van der Waals surface area contributed by atoms with Crippen molar-refractivity contribution in [1.82, 2.24) is 0 Å². The topological polar surface area (TPSA) is 50.1 Å². The fourth-order valence-corrected chi connectivity index (χ4v) is 4.27. The quantitative estimate of drug-likeness (QED) is 0.523. The highest BCUT2D eigenvalue weighted by Gasteiger charge is 2.30. The summed E-state index contributed by atoms with van der Waals surface area (Å²) in [4.78, 5) is 12.4. The normalized spacial score (nSPS) is 28.6. The molecule has 0 bridgehead atoms. The molecule has 0 aromatic heterocycles. The van der Waals surface area contributed by atoms with Gasteiger partial charge in [-0.15, -0.1) is 0 Å². The zero-order valence-electron chi connectivity index (χ0n) is 15.4. The number of halogens is 2. The molecule has 2 aliphatic carbocycles. The van der Waals surface area contributed by atoms with E-state index in [1.165, 1.54) is 18.2 Å². The van der Waals surface area contributed by atoms with Gasteiger partial charge >= 0.3 is 5.97 Å². The van der Waals surface area contributed by atoms with Gasteiger partial charge in [-0.25, -0.2) is 8.78 Å². The van der Waals surface area contributed by atoms with Crippen LogP contribution >= 0.6 is 0 Å². The zero-order valence-corrected chi connectivity index (χ0v) is 15.4. The van der Waals surface area contributed by atoms with Crippen molar-refractivity contribution in [2.45, 2.75) is 63.4 Å². The van der Waals surface area contributed by atoms with Crippen molar-refractivity contribution in [2.24, 2.45) is 11.8 Å². The lowest BCUT2D eigenvalue weighted by Gasteiger charge is -2.31. The van der Waals surface area contributed by atoms with Gasteiger partial charge < -0.3 is 4.74 Å². The number of hydrogen-bond acceptors (Lipinski definition) is 3. The minimum atomic E-state index is -0.820. The number of ether oxygens (including phenoxy) is 1. The second kappa shape index (κ2) is 9.12. The number of nitrogens with zero attached hydrogens (tertiary/aromatic N) is 1. The molecule has 0 amide bonds. The van der Waals surface area contributed by atoms with Crippen LogP contribution in [0.15, 0.2) is 30.4 Å². The molecule has 3 rings (SSSR count). The lowest BCUT2D eigenvalue weighted by molar-refractivity contribution is -0.157. The third-order valence-corrected chi connectivity index (χ3v) is 5.92. The van der Waals surface area contributed by atoms with Gasteiger partial charge in [-0.05, 0) is 80.9 Å². The van der Waals surface area contributed by atoms with E-state index in [0.717, 1.165) is 56.9 Å². The Bertz CT molecular complexity index is 724. The van der Waals surface area contributed by atoms with Crippen molar-refractivity contribution in [3.05, 3.63) is 47.5 Å².